The zero-order valence-corrected chi connectivity index (χ0v) is 15.5. The first-order chi connectivity index (χ1) is 13.2. The van der Waals surface area contributed by atoms with Gasteiger partial charge in [-0.05, 0) is 43.5 Å². The van der Waals surface area contributed by atoms with Crippen molar-refractivity contribution in [2.24, 2.45) is 0 Å². The molecule has 0 saturated carbocycles. The lowest BCUT2D eigenvalue weighted by molar-refractivity contribution is 0.0660. The third-order valence-corrected chi connectivity index (χ3v) is 5.24. The van der Waals surface area contributed by atoms with Gasteiger partial charge in [-0.15, -0.1) is 0 Å². The van der Waals surface area contributed by atoms with E-state index in [-0.39, 0.29) is 18.1 Å². The molecule has 136 valence electrons. The van der Waals surface area contributed by atoms with Crippen LogP contribution in [0.1, 0.15) is 41.0 Å². The second kappa shape index (κ2) is 7.67. The SMILES string of the molecule is CC(CCc1ccccc1)N1C(=O)c2ccccc2C1Nc1ccccc1. The fourth-order valence-electron chi connectivity index (χ4n) is 3.79. The number of hydrogen-bond acceptors (Lipinski definition) is 2. The van der Waals surface area contributed by atoms with Crippen LogP contribution in [0.15, 0.2) is 84.9 Å². The van der Waals surface area contributed by atoms with Gasteiger partial charge < -0.3 is 10.2 Å². The molecule has 1 heterocycles. The number of nitrogens with one attached hydrogen (secondary N) is 1. The van der Waals surface area contributed by atoms with Crippen LogP contribution in [0.5, 0.6) is 0 Å². The predicted octanol–water partition coefficient (Wildman–Crippen LogP) is 5.27. The Labute approximate surface area is 160 Å². The standard InChI is InChI=1S/C24H24N2O/c1-18(16-17-19-10-4-2-5-11-19)26-23(25-20-12-6-3-7-13-20)21-14-8-9-15-22(21)24(26)27/h2-15,18,23,25H,16-17H2,1H3. The van der Waals surface area contributed by atoms with E-state index in [4.69, 9.17) is 0 Å². The highest BCUT2D eigenvalue weighted by Crippen LogP contribution is 2.36. The summed E-state index contributed by atoms with van der Waals surface area (Å²) in [7, 11) is 0. The number of nitrogens with zero attached hydrogens (tertiary/aromatic N) is 1. The van der Waals surface area contributed by atoms with E-state index in [0.717, 1.165) is 29.7 Å². The molecule has 27 heavy (non-hydrogen) atoms. The maximum absolute atomic E-state index is 13.1. The van der Waals surface area contributed by atoms with E-state index in [2.05, 4.69) is 42.6 Å². The van der Waals surface area contributed by atoms with Gasteiger partial charge in [0.25, 0.3) is 5.91 Å². The molecule has 0 aromatic heterocycles. The number of carbonyl (C=O) groups is 1. The molecule has 0 bridgehead atoms. The number of rotatable bonds is 6. The van der Waals surface area contributed by atoms with E-state index < -0.39 is 0 Å². The smallest absolute Gasteiger partial charge is 0.256 e. The molecule has 0 spiro atoms. The minimum Gasteiger partial charge on any atom is -0.361 e. The lowest BCUT2D eigenvalue weighted by Gasteiger charge is -2.32. The second-order valence-electron chi connectivity index (χ2n) is 7.09. The summed E-state index contributed by atoms with van der Waals surface area (Å²) in [6.45, 7) is 2.15. The monoisotopic (exact) mass is 356 g/mol. The maximum atomic E-state index is 13.1. The Hall–Kier alpha value is -3.07. The number of fused-ring (bicyclic) bond motifs is 1. The average molecular weight is 356 g/mol. The van der Waals surface area contributed by atoms with E-state index >= 15 is 0 Å². The molecular weight excluding hydrogens is 332 g/mol. The van der Waals surface area contributed by atoms with Gasteiger partial charge in [-0.2, -0.15) is 0 Å². The van der Waals surface area contributed by atoms with Crippen LogP contribution in [0.3, 0.4) is 0 Å². The highest BCUT2D eigenvalue weighted by Gasteiger charge is 2.38. The van der Waals surface area contributed by atoms with Crippen molar-refractivity contribution in [2.45, 2.75) is 32.0 Å². The molecule has 2 atom stereocenters. The fraction of sp³-hybridized carbons (Fsp3) is 0.208. The molecule has 0 radical (unpaired) electrons. The summed E-state index contributed by atoms with van der Waals surface area (Å²) in [6, 6.07) is 28.6. The molecule has 3 nitrogen and oxygen atoms in total. The number of hydrogen-bond donors (Lipinski definition) is 1. The molecule has 3 aromatic rings. The molecule has 2 unspecified atom stereocenters. The summed E-state index contributed by atoms with van der Waals surface area (Å²) in [5.41, 5.74) is 4.18. The molecule has 1 aliphatic rings. The zero-order valence-electron chi connectivity index (χ0n) is 15.5. The molecule has 0 saturated heterocycles. The molecule has 1 aliphatic heterocycles. The Morgan fingerprint density at radius 3 is 2.26 bits per heavy atom. The fourth-order valence-corrected chi connectivity index (χ4v) is 3.79. The minimum atomic E-state index is -0.137. The second-order valence-corrected chi connectivity index (χ2v) is 7.09. The Kier molecular flexibility index (Phi) is 4.93. The van der Waals surface area contributed by atoms with Gasteiger partial charge in [0.2, 0.25) is 0 Å². The van der Waals surface area contributed by atoms with Crippen molar-refractivity contribution in [1.29, 1.82) is 0 Å². The van der Waals surface area contributed by atoms with Crippen molar-refractivity contribution in [1.82, 2.24) is 4.90 Å². The average Bonchev–Trinajstić information content (AvgIpc) is 3.00. The van der Waals surface area contributed by atoms with Gasteiger partial charge in [0.15, 0.2) is 0 Å². The third-order valence-electron chi connectivity index (χ3n) is 5.24. The molecule has 4 rings (SSSR count). The molecule has 3 heteroatoms. The molecule has 0 fully saturated rings. The highest BCUT2D eigenvalue weighted by atomic mass is 16.2. The number of benzene rings is 3. The number of aryl methyl sites for hydroxylation is 1. The minimum absolute atomic E-state index is 0.111. The lowest BCUT2D eigenvalue weighted by atomic mass is 10.0. The van der Waals surface area contributed by atoms with Crippen LogP contribution in [0.4, 0.5) is 5.69 Å². The van der Waals surface area contributed by atoms with Crippen molar-refractivity contribution in [2.75, 3.05) is 5.32 Å². The highest BCUT2D eigenvalue weighted by molar-refractivity contribution is 5.99. The molecule has 3 aromatic carbocycles. The summed E-state index contributed by atoms with van der Waals surface area (Å²) in [4.78, 5) is 15.1. The number of para-hydroxylation sites is 1. The van der Waals surface area contributed by atoms with Crippen molar-refractivity contribution >= 4 is 11.6 Å². The van der Waals surface area contributed by atoms with Crippen LogP contribution < -0.4 is 5.32 Å². The van der Waals surface area contributed by atoms with Gasteiger partial charge in [0.1, 0.15) is 6.17 Å². The summed E-state index contributed by atoms with van der Waals surface area (Å²) < 4.78 is 0. The van der Waals surface area contributed by atoms with Gasteiger partial charge in [0.05, 0.1) is 0 Å². The van der Waals surface area contributed by atoms with Gasteiger partial charge >= 0.3 is 0 Å². The zero-order chi connectivity index (χ0) is 18.6. The first kappa shape index (κ1) is 17.3. The van der Waals surface area contributed by atoms with Crippen molar-refractivity contribution < 1.29 is 4.79 Å². The van der Waals surface area contributed by atoms with Gasteiger partial charge in [-0.25, -0.2) is 0 Å². The Morgan fingerprint density at radius 1 is 0.889 bits per heavy atom. The van der Waals surface area contributed by atoms with E-state index in [1.54, 1.807) is 0 Å². The van der Waals surface area contributed by atoms with Gasteiger partial charge in [0, 0.05) is 22.9 Å². The Morgan fingerprint density at radius 2 is 1.52 bits per heavy atom. The summed E-state index contributed by atoms with van der Waals surface area (Å²) >= 11 is 0. The largest absolute Gasteiger partial charge is 0.361 e. The summed E-state index contributed by atoms with van der Waals surface area (Å²) in [5, 5.41) is 3.56. The van der Waals surface area contributed by atoms with Crippen LogP contribution in [-0.2, 0) is 6.42 Å². The number of anilines is 1. The van der Waals surface area contributed by atoms with Crippen molar-refractivity contribution in [3.63, 3.8) is 0 Å². The maximum Gasteiger partial charge on any atom is 0.256 e. The summed E-state index contributed by atoms with van der Waals surface area (Å²) in [6.07, 6.45) is 1.75. The number of amides is 1. The topological polar surface area (TPSA) is 32.3 Å². The van der Waals surface area contributed by atoms with E-state index in [1.807, 2.05) is 59.5 Å². The molecule has 0 aliphatic carbocycles. The van der Waals surface area contributed by atoms with Crippen LogP contribution in [0, 0.1) is 0 Å². The van der Waals surface area contributed by atoms with E-state index in [1.165, 1.54) is 5.56 Å². The van der Waals surface area contributed by atoms with Gasteiger partial charge in [-0.3, -0.25) is 4.79 Å². The van der Waals surface area contributed by atoms with E-state index in [9.17, 15) is 4.79 Å². The van der Waals surface area contributed by atoms with Crippen LogP contribution in [0.25, 0.3) is 0 Å². The number of carbonyl (C=O) groups excluding carboxylic acids is 1. The van der Waals surface area contributed by atoms with E-state index in [0.29, 0.717) is 0 Å². The lowest BCUT2D eigenvalue weighted by Crippen LogP contribution is -2.39. The van der Waals surface area contributed by atoms with Crippen LogP contribution >= 0.6 is 0 Å². The van der Waals surface area contributed by atoms with Crippen LogP contribution in [0.2, 0.25) is 0 Å². The molecular formula is C24H24N2O. The normalized spacial score (nSPS) is 16.9. The predicted molar refractivity (Wildman–Crippen MR) is 110 cm³/mol. The van der Waals surface area contributed by atoms with Crippen molar-refractivity contribution in [3.05, 3.63) is 102 Å². The Balaban J connectivity index is 1.58. The van der Waals surface area contributed by atoms with Crippen molar-refractivity contribution in [3.8, 4) is 0 Å². The third kappa shape index (κ3) is 3.59. The van der Waals surface area contributed by atoms with Crippen LogP contribution in [-0.4, -0.2) is 16.8 Å². The first-order valence-corrected chi connectivity index (χ1v) is 9.51. The van der Waals surface area contributed by atoms with Gasteiger partial charge in [-0.1, -0.05) is 66.7 Å². The summed E-state index contributed by atoms with van der Waals surface area (Å²) in [5.74, 6) is 0.111. The molecule has 1 N–H and O–H groups in total. The molecule has 1 amide bonds. The first-order valence-electron chi connectivity index (χ1n) is 9.51. The Bertz CT molecular complexity index is 908. The quantitative estimate of drug-likeness (QED) is 0.652.